The highest BCUT2D eigenvalue weighted by Gasteiger charge is 2.30. The van der Waals surface area contributed by atoms with Crippen molar-refractivity contribution >= 4 is 39.5 Å². The fourth-order valence-electron chi connectivity index (χ4n) is 11.4. The summed E-state index contributed by atoms with van der Waals surface area (Å²) in [4.78, 5) is 73.1. The van der Waals surface area contributed by atoms with Gasteiger partial charge < -0.3 is 33.8 Å². The maximum atomic E-state index is 13.1. The number of ether oxygens (including phenoxy) is 4. The van der Waals surface area contributed by atoms with Crippen LogP contribution in [0.15, 0.2) is 72.9 Å². The Morgan fingerprint density at radius 1 is 0.284 bits per heavy atom. The maximum absolute atomic E-state index is 13.1. The first kappa shape index (κ1) is 98.5. The van der Waals surface area contributed by atoms with Gasteiger partial charge in [0, 0.05) is 25.7 Å². The number of rotatable bonds is 78. The Balaban J connectivity index is 5.33. The Morgan fingerprint density at radius 3 is 0.794 bits per heavy atom. The molecular formula is C83H150O17P2. The third-order valence-corrected chi connectivity index (χ3v) is 19.6. The van der Waals surface area contributed by atoms with Gasteiger partial charge in [-0.15, -0.1) is 0 Å². The van der Waals surface area contributed by atoms with Gasteiger partial charge in [0.1, 0.15) is 19.3 Å². The summed E-state index contributed by atoms with van der Waals surface area (Å²) >= 11 is 0. The topological polar surface area (TPSA) is 237 Å². The first-order chi connectivity index (χ1) is 49.7. The van der Waals surface area contributed by atoms with Gasteiger partial charge in [-0.05, 0) is 116 Å². The van der Waals surface area contributed by atoms with Crippen molar-refractivity contribution in [2.24, 2.45) is 0 Å². The number of carbonyl (C=O) groups excluding carboxylic acids is 4. The van der Waals surface area contributed by atoms with Gasteiger partial charge in [0.05, 0.1) is 26.4 Å². The number of hydrogen-bond acceptors (Lipinski definition) is 15. The second-order valence-electron chi connectivity index (χ2n) is 27.7. The number of aliphatic hydroxyl groups excluding tert-OH is 1. The van der Waals surface area contributed by atoms with E-state index in [2.05, 4.69) is 101 Å². The minimum Gasteiger partial charge on any atom is -0.462 e. The van der Waals surface area contributed by atoms with E-state index in [1.54, 1.807) is 0 Å². The molecule has 0 radical (unpaired) electrons. The van der Waals surface area contributed by atoms with Crippen molar-refractivity contribution in [3.63, 3.8) is 0 Å². The Labute approximate surface area is 622 Å². The van der Waals surface area contributed by atoms with Crippen LogP contribution in [0.1, 0.15) is 374 Å². The summed E-state index contributed by atoms with van der Waals surface area (Å²) in [5, 5.41) is 10.6. The molecule has 0 spiro atoms. The minimum atomic E-state index is -4.98. The van der Waals surface area contributed by atoms with Crippen LogP contribution < -0.4 is 0 Å². The summed E-state index contributed by atoms with van der Waals surface area (Å²) in [5.41, 5.74) is 0. The summed E-state index contributed by atoms with van der Waals surface area (Å²) < 4.78 is 68.7. The molecule has 594 valence electrons. The van der Waals surface area contributed by atoms with Gasteiger partial charge in [-0.2, -0.15) is 0 Å². The normalized spacial score (nSPS) is 14.2. The standard InChI is InChI=1S/C83H150O17P2/c1-5-9-13-17-21-25-29-33-36-37-38-39-42-45-48-52-56-60-64-68-81(86)94-73-78(99-82(87)69-65-61-57-53-49-43-32-28-24-20-16-12-8-4)75-97-101(89,90)95-71-77(84)72-96-102(91,92)98-76-79(100-83(88)70-66-62-58-54-50-46-41-35-31-27-23-19-15-11-7-3)74-93-80(85)67-63-59-55-51-47-44-40-34-30-26-22-18-14-10-6-2/h9,13,21,25,33-36,38-41,77-79,84H,5-8,10-12,14-20,22-24,26-32,37,42-76H2,1-4H3,(H,89,90)(H,91,92)/b13-9-,25-21-,36-33-,39-38-,40-34-,41-35-. The molecule has 19 heteroatoms. The van der Waals surface area contributed by atoms with E-state index in [1.165, 1.54) is 128 Å². The zero-order chi connectivity index (χ0) is 74.6. The van der Waals surface area contributed by atoms with Crippen LogP contribution in [0, 0.1) is 0 Å². The highest BCUT2D eigenvalue weighted by atomic mass is 31.2. The van der Waals surface area contributed by atoms with Crippen molar-refractivity contribution < 1.29 is 80.2 Å². The smallest absolute Gasteiger partial charge is 0.462 e. The molecule has 3 N–H and O–H groups in total. The lowest BCUT2D eigenvalue weighted by molar-refractivity contribution is -0.161. The molecule has 0 amide bonds. The van der Waals surface area contributed by atoms with Crippen LogP contribution in [0.25, 0.3) is 0 Å². The predicted octanol–water partition coefficient (Wildman–Crippen LogP) is 24.0. The lowest BCUT2D eigenvalue weighted by Gasteiger charge is -2.21. The maximum Gasteiger partial charge on any atom is 0.472 e. The highest BCUT2D eigenvalue weighted by molar-refractivity contribution is 7.47. The monoisotopic (exact) mass is 1480 g/mol. The Kier molecular flexibility index (Phi) is 73.1. The molecule has 0 aromatic carbocycles. The molecule has 0 aromatic heterocycles. The summed E-state index contributed by atoms with van der Waals surface area (Å²) in [7, 11) is -9.95. The lowest BCUT2D eigenvalue weighted by Crippen LogP contribution is -2.30. The average molecular weight is 1480 g/mol. The quantitative estimate of drug-likeness (QED) is 0.0169. The van der Waals surface area contributed by atoms with E-state index in [0.717, 1.165) is 167 Å². The molecule has 0 aliphatic rings. The molecule has 0 saturated heterocycles. The molecule has 0 rings (SSSR count). The van der Waals surface area contributed by atoms with E-state index in [-0.39, 0.29) is 25.7 Å². The van der Waals surface area contributed by atoms with Crippen molar-refractivity contribution in [3.05, 3.63) is 72.9 Å². The van der Waals surface area contributed by atoms with Crippen molar-refractivity contribution in [2.45, 2.75) is 393 Å². The second kappa shape index (κ2) is 75.7. The predicted molar refractivity (Wildman–Crippen MR) is 418 cm³/mol. The molecule has 5 atom stereocenters. The molecule has 0 saturated carbocycles. The average Bonchev–Trinajstić information content (AvgIpc) is 0.908. The van der Waals surface area contributed by atoms with E-state index in [1.807, 2.05) is 0 Å². The number of carbonyl (C=O) groups is 4. The fraction of sp³-hybridized carbons (Fsp3) is 0.807. The third kappa shape index (κ3) is 74.8. The summed E-state index contributed by atoms with van der Waals surface area (Å²) in [6, 6.07) is 0. The molecule has 0 aliphatic heterocycles. The van der Waals surface area contributed by atoms with E-state index in [0.29, 0.717) is 25.7 Å². The molecule has 17 nitrogen and oxygen atoms in total. The Bertz CT molecular complexity index is 2210. The summed E-state index contributed by atoms with van der Waals surface area (Å²) in [6.45, 7) is 4.79. The minimum absolute atomic E-state index is 0.0874. The zero-order valence-electron chi connectivity index (χ0n) is 65.0. The number of phosphoric ester groups is 2. The SMILES string of the molecule is CC/C=C\C/C=C\C/C=C\C/C=C\CCCCCCCCC(=O)OCC(COP(=O)(O)OCC(O)COP(=O)(O)OCC(COC(=O)CCCCCCC/C=C\CCCCCCCC)OC(=O)CCCCCCC/C=C\CCCCCCCC)OC(=O)CCCCCCCCCCCCCCC. The van der Waals surface area contributed by atoms with E-state index in [9.17, 15) is 43.2 Å². The molecule has 0 heterocycles. The van der Waals surface area contributed by atoms with Crippen molar-refractivity contribution in [1.29, 1.82) is 0 Å². The summed E-state index contributed by atoms with van der Waals surface area (Å²) in [6.07, 6.45) is 77.2. The van der Waals surface area contributed by atoms with E-state index >= 15 is 0 Å². The van der Waals surface area contributed by atoms with Gasteiger partial charge in [-0.1, -0.05) is 306 Å². The number of aliphatic hydroxyl groups is 1. The van der Waals surface area contributed by atoms with Crippen LogP contribution in [0.5, 0.6) is 0 Å². The second-order valence-corrected chi connectivity index (χ2v) is 30.6. The highest BCUT2D eigenvalue weighted by Crippen LogP contribution is 2.45. The zero-order valence-corrected chi connectivity index (χ0v) is 66.8. The van der Waals surface area contributed by atoms with Crippen LogP contribution in [0.4, 0.5) is 0 Å². The molecule has 5 unspecified atom stereocenters. The van der Waals surface area contributed by atoms with Crippen LogP contribution in [0.2, 0.25) is 0 Å². The van der Waals surface area contributed by atoms with Gasteiger partial charge in [-0.25, -0.2) is 9.13 Å². The van der Waals surface area contributed by atoms with Gasteiger partial charge in [0.15, 0.2) is 12.2 Å². The summed E-state index contributed by atoms with van der Waals surface area (Å²) in [5.74, 6) is -2.18. The van der Waals surface area contributed by atoms with Crippen LogP contribution in [0.3, 0.4) is 0 Å². The number of allylic oxidation sites excluding steroid dienone is 12. The molecule has 0 aliphatic carbocycles. The van der Waals surface area contributed by atoms with Crippen LogP contribution >= 0.6 is 15.6 Å². The number of esters is 4. The van der Waals surface area contributed by atoms with Crippen LogP contribution in [-0.4, -0.2) is 96.7 Å². The molecular weight excluding hydrogens is 1330 g/mol. The number of phosphoric acid groups is 2. The van der Waals surface area contributed by atoms with Crippen molar-refractivity contribution in [1.82, 2.24) is 0 Å². The van der Waals surface area contributed by atoms with Gasteiger partial charge in [-0.3, -0.25) is 37.3 Å². The third-order valence-electron chi connectivity index (χ3n) is 17.7. The molecule has 0 aromatic rings. The lowest BCUT2D eigenvalue weighted by atomic mass is 10.0. The Morgan fingerprint density at radius 2 is 0.510 bits per heavy atom. The van der Waals surface area contributed by atoms with Crippen LogP contribution in [-0.2, 0) is 65.4 Å². The van der Waals surface area contributed by atoms with Gasteiger partial charge in [0.25, 0.3) is 0 Å². The Hall–Kier alpha value is -3.50. The first-order valence-corrected chi connectivity index (χ1v) is 44.2. The number of hydrogen-bond donors (Lipinski definition) is 3. The van der Waals surface area contributed by atoms with E-state index < -0.39 is 97.5 Å². The largest absolute Gasteiger partial charge is 0.472 e. The van der Waals surface area contributed by atoms with Crippen molar-refractivity contribution in [3.8, 4) is 0 Å². The molecule has 102 heavy (non-hydrogen) atoms. The fourth-order valence-corrected chi connectivity index (χ4v) is 13.0. The first-order valence-electron chi connectivity index (χ1n) is 41.2. The van der Waals surface area contributed by atoms with Gasteiger partial charge in [0.2, 0.25) is 0 Å². The number of unbranched alkanes of at least 4 members (excludes halogenated alkanes) is 40. The van der Waals surface area contributed by atoms with Crippen molar-refractivity contribution in [2.75, 3.05) is 39.6 Å². The molecule has 0 bridgehead atoms. The molecule has 0 fully saturated rings. The van der Waals surface area contributed by atoms with E-state index in [4.69, 9.17) is 37.0 Å². The van der Waals surface area contributed by atoms with Gasteiger partial charge >= 0.3 is 39.5 Å².